The average Bonchev–Trinajstić information content (AvgIpc) is 3.60. The van der Waals surface area contributed by atoms with Gasteiger partial charge in [0.05, 0.1) is 34.0 Å². The van der Waals surface area contributed by atoms with E-state index in [1.54, 1.807) is 49.1 Å². The first-order valence-electron chi connectivity index (χ1n) is 14.5. The second-order valence-electron chi connectivity index (χ2n) is 11.6. The van der Waals surface area contributed by atoms with Crippen LogP contribution in [0.5, 0.6) is 0 Å². The standard InChI is InChI=1S/C32H29ClF2N8O/c1-18(2)42-17-37-40-31(42)26-4-3-5-29(38-26)39-32(44)22-12-27-21(11-25(22)35)14-41(13-19-6-9-24(34)23(33)10-19)15-28-30(20-7-8-20)36-16-43(27)28/h3-6,9-12,16-18,20H,7-8,13-15H2,1-2H3,(H,38,39,44). The molecule has 2 aliphatic rings. The Morgan fingerprint density at radius 1 is 1.07 bits per heavy atom. The number of imidazole rings is 1. The molecule has 2 aromatic carbocycles. The lowest BCUT2D eigenvalue weighted by atomic mass is 10.1. The molecule has 9 nitrogen and oxygen atoms in total. The minimum Gasteiger partial charge on any atom is -0.310 e. The maximum Gasteiger partial charge on any atom is 0.259 e. The number of halogens is 3. The van der Waals surface area contributed by atoms with Crippen LogP contribution in [0.1, 0.15) is 71.5 Å². The number of aromatic nitrogens is 6. The van der Waals surface area contributed by atoms with Gasteiger partial charge in [0.1, 0.15) is 29.5 Å². The first kappa shape index (κ1) is 28.3. The van der Waals surface area contributed by atoms with E-state index < -0.39 is 17.5 Å². The number of fused-ring (bicyclic) bond motifs is 3. The summed E-state index contributed by atoms with van der Waals surface area (Å²) in [6, 6.07) is 13.0. The Balaban J connectivity index is 1.21. The number of rotatable bonds is 7. The van der Waals surface area contributed by atoms with E-state index in [0.717, 1.165) is 29.8 Å². The number of pyridine rings is 1. The van der Waals surface area contributed by atoms with Crippen LogP contribution in [0, 0.1) is 11.6 Å². The van der Waals surface area contributed by atoms with Gasteiger partial charge in [-0.2, -0.15) is 0 Å². The lowest BCUT2D eigenvalue weighted by Crippen LogP contribution is -2.22. The van der Waals surface area contributed by atoms with E-state index in [4.69, 9.17) is 16.6 Å². The molecule has 3 aromatic heterocycles. The van der Waals surface area contributed by atoms with E-state index in [0.29, 0.717) is 48.3 Å². The quantitative estimate of drug-likeness (QED) is 0.220. The molecule has 0 atom stereocenters. The number of carbonyl (C=O) groups is 1. The molecule has 1 aliphatic heterocycles. The lowest BCUT2D eigenvalue weighted by molar-refractivity contribution is 0.102. The molecule has 1 aliphatic carbocycles. The molecule has 0 unspecified atom stereocenters. The molecule has 0 saturated heterocycles. The van der Waals surface area contributed by atoms with Gasteiger partial charge in [0, 0.05) is 31.6 Å². The Morgan fingerprint density at radius 2 is 1.91 bits per heavy atom. The summed E-state index contributed by atoms with van der Waals surface area (Å²) in [6.07, 6.45) is 5.53. The summed E-state index contributed by atoms with van der Waals surface area (Å²) >= 11 is 6.06. The molecule has 5 aromatic rings. The van der Waals surface area contributed by atoms with Gasteiger partial charge in [-0.3, -0.25) is 9.69 Å². The molecule has 0 bridgehead atoms. The van der Waals surface area contributed by atoms with Crippen LogP contribution < -0.4 is 5.32 Å². The first-order valence-corrected chi connectivity index (χ1v) is 14.9. The number of benzene rings is 2. The third-order valence-electron chi connectivity index (χ3n) is 8.04. The lowest BCUT2D eigenvalue weighted by Gasteiger charge is -2.21. The predicted molar refractivity (Wildman–Crippen MR) is 161 cm³/mol. The molecule has 0 radical (unpaired) electrons. The zero-order chi connectivity index (χ0) is 30.5. The average molecular weight is 615 g/mol. The molecule has 12 heteroatoms. The van der Waals surface area contributed by atoms with Gasteiger partial charge in [-0.1, -0.05) is 23.7 Å². The van der Waals surface area contributed by atoms with Crippen molar-refractivity contribution in [2.75, 3.05) is 5.32 Å². The van der Waals surface area contributed by atoms with Crippen molar-refractivity contribution in [3.05, 3.63) is 106 Å². The predicted octanol–water partition coefficient (Wildman–Crippen LogP) is 6.68. The van der Waals surface area contributed by atoms with Crippen LogP contribution in [0.3, 0.4) is 0 Å². The summed E-state index contributed by atoms with van der Waals surface area (Å²) in [5.41, 5.74) is 4.70. The van der Waals surface area contributed by atoms with Crippen LogP contribution in [0.2, 0.25) is 5.02 Å². The highest BCUT2D eigenvalue weighted by Crippen LogP contribution is 2.42. The van der Waals surface area contributed by atoms with E-state index in [1.165, 1.54) is 12.1 Å². The molecule has 1 fully saturated rings. The second-order valence-corrected chi connectivity index (χ2v) is 12.0. The van der Waals surface area contributed by atoms with Gasteiger partial charge in [0.2, 0.25) is 0 Å². The van der Waals surface area contributed by atoms with Crippen LogP contribution >= 0.6 is 11.6 Å². The number of amides is 1. The first-order chi connectivity index (χ1) is 21.2. The normalized spacial score (nSPS) is 14.8. The van der Waals surface area contributed by atoms with Crippen molar-refractivity contribution >= 4 is 23.3 Å². The minimum atomic E-state index is -0.646. The number of anilines is 1. The van der Waals surface area contributed by atoms with Gasteiger partial charge < -0.3 is 14.5 Å². The molecule has 4 heterocycles. The number of nitrogens with zero attached hydrogens (tertiary/aromatic N) is 7. The third kappa shape index (κ3) is 5.37. The van der Waals surface area contributed by atoms with Gasteiger partial charge in [-0.15, -0.1) is 10.2 Å². The fraction of sp³-hybridized carbons (Fsp3) is 0.281. The van der Waals surface area contributed by atoms with E-state index in [9.17, 15) is 9.18 Å². The van der Waals surface area contributed by atoms with Crippen molar-refractivity contribution in [2.24, 2.45) is 0 Å². The fourth-order valence-electron chi connectivity index (χ4n) is 5.71. The highest BCUT2D eigenvalue weighted by molar-refractivity contribution is 6.30. The smallest absolute Gasteiger partial charge is 0.259 e. The molecule has 1 amide bonds. The van der Waals surface area contributed by atoms with E-state index >= 15 is 4.39 Å². The van der Waals surface area contributed by atoms with Gasteiger partial charge in [-0.25, -0.2) is 18.7 Å². The molecule has 1 saturated carbocycles. The molecule has 0 spiro atoms. The van der Waals surface area contributed by atoms with E-state index in [-0.39, 0.29) is 22.4 Å². The number of carbonyl (C=O) groups excluding carboxylic acids is 1. The minimum absolute atomic E-state index is 0.0602. The Kier molecular flexibility index (Phi) is 7.22. The SMILES string of the molecule is CC(C)n1cnnc1-c1cccc(NC(=O)c2cc3c(cc2F)CN(Cc2ccc(F)c(Cl)c2)Cc2c(C4CC4)ncn2-3)n1. The largest absolute Gasteiger partial charge is 0.310 e. The highest BCUT2D eigenvalue weighted by Gasteiger charge is 2.33. The van der Waals surface area contributed by atoms with Crippen LogP contribution in [-0.2, 0) is 19.6 Å². The molecule has 44 heavy (non-hydrogen) atoms. The zero-order valence-electron chi connectivity index (χ0n) is 24.1. The van der Waals surface area contributed by atoms with Crippen molar-refractivity contribution in [3.63, 3.8) is 0 Å². The Bertz CT molecular complexity index is 1900. The molecule has 1 N–H and O–H groups in total. The van der Waals surface area contributed by atoms with Crippen LogP contribution in [-0.4, -0.2) is 40.1 Å². The van der Waals surface area contributed by atoms with Gasteiger partial charge in [-0.05, 0) is 74.2 Å². The number of hydrogen-bond donors (Lipinski definition) is 1. The molecular weight excluding hydrogens is 586 g/mol. The van der Waals surface area contributed by atoms with Gasteiger partial charge in [0.15, 0.2) is 5.82 Å². The van der Waals surface area contributed by atoms with Crippen molar-refractivity contribution in [1.82, 2.24) is 34.2 Å². The topological polar surface area (TPSA) is 93.8 Å². The molecule has 7 rings (SSSR count). The molecule has 224 valence electrons. The summed E-state index contributed by atoms with van der Waals surface area (Å²) in [7, 11) is 0. The summed E-state index contributed by atoms with van der Waals surface area (Å²) in [4.78, 5) is 24.9. The van der Waals surface area contributed by atoms with E-state index in [1.807, 2.05) is 23.0 Å². The highest BCUT2D eigenvalue weighted by atomic mass is 35.5. The Labute approximate surface area is 257 Å². The fourth-order valence-corrected chi connectivity index (χ4v) is 5.91. The van der Waals surface area contributed by atoms with Gasteiger partial charge in [0.25, 0.3) is 5.91 Å². The second kappa shape index (κ2) is 11.2. The van der Waals surface area contributed by atoms with Crippen molar-refractivity contribution in [3.8, 4) is 17.2 Å². The van der Waals surface area contributed by atoms with Crippen LogP contribution in [0.4, 0.5) is 14.6 Å². The summed E-state index contributed by atoms with van der Waals surface area (Å²) < 4.78 is 33.3. The van der Waals surface area contributed by atoms with Crippen molar-refractivity contribution in [2.45, 2.75) is 58.3 Å². The Morgan fingerprint density at radius 3 is 2.68 bits per heavy atom. The summed E-state index contributed by atoms with van der Waals surface area (Å²) in [5, 5.41) is 11.0. The van der Waals surface area contributed by atoms with Crippen molar-refractivity contribution in [1.29, 1.82) is 0 Å². The van der Waals surface area contributed by atoms with Crippen LogP contribution in [0.25, 0.3) is 17.2 Å². The third-order valence-corrected chi connectivity index (χ3v) is 8.33. The summed E-state index contributed by atoms with van der Waals surface area (Å²) in [6.45, 7) is 5.46. The summed E-state index contributed by atoms with van der Waals surface area (Å²) in [5.74, 6) is -0.515. The maximum absolute atomic E-state index is 15.7. The van der Waals surface area contributed by atoms with E-state index in [2.05, 4.69) is 25.4 Å². The zero-order valence-corrected chi connectivity index (χ0v) is 24.9. The number of nitrogens with one attached hydrogen (secondary N) is 1. The maximum atomic E-state index is 15.7. The van der Waals surface area contributed by atoms with Crippen LogP contribution in [0.15, 0.2) is 61.2 Å². The monoisotopic (exact) mass is 614 g/mol. The number of hydrogen-bond acceptors (Lipinski definition) is 6. The van der Waals surface area contributed by atoms with Gasteiger partial charge >= 0.3 is 0 Å². The van der Waals surface area contributed by atoms with Crippen molar-refractivity contribution < 1.29 is 13.6 Å². The molecular formula is C32H29ClF2N8O. The Hall–Kier alpha value is -4.48.